The summed E-state index contributed by atoms with van der Waals surface area (Å²) in [6, 6.07) is 10.2. The zero-order valence-electron chi connectivity index (χ0n) is 14.1. The maximum absolute atomic E-state index is 13.7. The highest BCUT2D eigenvalue weighted by Crippen LogP contribution is 2.37. The average Bonchev–Trinajstić information content (AvgIpc) is 2.56. The molecule has 1 N–H and O–H groups in total. The van der Waals surface area contributed by atoms with Crippen molar-refractivity contribution in [1.29, 1.82) is 0 Å². The van der Waals surface area contributed by atoms with Crippen LogP contribution in [0.3, 0.4) is 0 Å². The minimum absolute atomic E-state index is 0. The Morgan fingerprint density at radius 3 is 2.68 bits per heavy atom. The first-order chi connectivity index (χ1) is 11.7. The smallest absolute Gasteiger partial charge is 0.180 e. The minimum Gasteiger partial charge on any atom is -0.490 e. The van der Waals surface area contributed by atoms with E-state index >= 15 is 0 Å². The number of hydrogen-bond donors (Lipinski definition) is 1. The summed E-state index contributed by atoms with van der Waals surface area (Å²) in [4.78, 5) is 0. The SMILES string of the molecule is C=CCNCc1cc(Cl)c(OCc2ccccc2F)c(OCC)c1.Cl. The van der Waals surface area contributed by atoms with Gasteiger partial charge in [-0.05, 0) is 30.7 Å². The van der Waals surface area contributed by atoms with Crippen LogP contribution >= 0.6 is 24.0 Å². The predicted octanol–water partition coefficient (Wildman–Crippen LogP) is 5.15. The van der Waals surface area contributed by atoms with Gasteiger partial charge >= 0.3 is 0 Å². The fraction of sp³-hybridized carbons (Fsp3) is 0.263. The fourth-order valence-electron chi connectivity index (χ4n) is 2.21. The lowest BCUT2D eigenvalue weighted by Crippen LogP contribution is -2.13. The Balaban J connectivity index is 0.00000312. The molecular formula is C19H22Cl2FNO2. The Hall–Kier alpha value is -1.75. The Kier molecular flexibility index (Phi) is 9.35. The third-order valence-electron chi connectivity index (χ3n) is 3.32. The zero-order chi connectivity index (χ0) is 17.4. The maximum atomic E-state index is 13.7. The van der Waals surface area contributed by atoms with Crippen molar-refractivity contribution in [2.24, 2.45) is 0 Å². The van der Waals surface area contributed by atoms with Crippen LogP contribution in [0.4, 0.5) is 4.39 Å². The summed E-state index contributed by atoms with van der Waals surface area (Å²) in [7, 11) is 0. The quantitative estimate of drug-likeness (QED) is 0.477. The zero-order valence-corrected chi connectivity index (χ0v) is 15.6. The topological polar surface area (TPSA) is 30.5 Å². The summed E-state index contributed by atoms with van der Waals surface area (Å²) in [6.45, 7) is 7.46. The van der Waals surface area contributed by atoms with Crippen LogP contribution in [-0.4, -0.2) is 13.2 Å². The lowest BCUT2D eigenvalue weighted by atomic mass is 10.2. The van der Waals surface area contributed by atoms with Gasteiger partial charge in [-0.2, -0.15) is 0 Å². The van der Waals surface area contributed by atoms with Crippen LogP contribution in [0.15, 0.2) is 49.1 Å². The van der Waals surface area contributed by atoms with Crippen molar-refractivity contribution in [2.45, 2.75) is 20.1 Å². The van der Waals surface area contributed by atoms with Crippen LogP contribution in [0.25, 0.3) is 0 Å². The molecule has 0 fully saturated rings. The number of nitrogens with one attached hydrogen (secondary N) is 1. The van der Waals surface area contributed by atoms with Gasteiger partial charge < -0.3 is 14.8 Å². The molecule has 2 aromatic rings. The van der Waals surface area contributed by atoms with Crippen LogP contribution in [0, 0.1) is 5.82 Å². The van der Waals surface area contributed by atoms with Crippen LogP contribution in [-0.2, 0) is 13.2 Å². The van der Waals surface area contributed by atoms with Gasteiger partial charge in [-0.1, -0.05) is 35.9 Å². The highest BCUT2D eigenvalue weighted by atomic mass is 35.5. The molecule has 0 atom stereocenters. The molecule has 25 heavy (non-hydrogen) atoms. The number of hydrogen-bond acceptors (Lipinski definition) is 3. The van der Waals surface area contributed by atoms with Gasteiger partial charge in [-0.3, -0.25) is 0 Å². The second-order valence-electron chi connectivity index (χ2n) is 5.14. The second-order valence-corrected chi connectivity index (χ2v) is 5.54. The van der Waals surface area contributed by atoms with Crippen LogP contribution in [0.1, 0.15) is 18.1 Å². The third-order valence-corrected chi connectivity index (χ3v) is 3.60. The highest BCUT2D eigenvalue weighted by Gasteiger charge is 2.13. The van der Waals surface area contributed by atoms with Gasteiger partial charge in [0.1, 0.15) is 12.4 Å². The van der Waals surface area contributed by atoms with Crippen molar-refractivity contribution in [3.8, 4) is 11.5 Å². The largest absolute Gasteiger partial charge is 0.490 e. The Bertz CT molecular complexity index is 695. The first-order valence-electron chi connectivity index (χ1n) is 7.78. The fourth-order valence-corrected chi connectivity index (χ4v) is 2.50. The molecular weight excluding hydrogens is 364 g/mol. The van der Waals surface area contributed by atoms with E-state index in [1.54, 1.807) is 24.3 Å². The van der Waals surface area contributed by atoms with Gasteiger partial charge in [-0.15, -0.1) is 19.0 Å². The van der Waals surface area contributed by atoms with Gasteiger partial charge in [0.2, 0.25) is 0 Å². The molecule has 0 heterocycles. The number of halogens is 3. The van der Waals surface area contributed by atoms with Crippen molar-refractivity contribution in [3.05, 3.63) is 71.0 Å². The first-order valence-corrected chi connectivity index (χ1v) is 8.16. The van der Waals surface area contributed by atoms with Gasteiger partial charge in [0.15, 0.2) is 11.5 Å². The number of ether oxygens (including phenoxy) is 2. The molecule has 3 nitrogen and oxygen atoms in total. The molecule has 0 bridgehead atoms. The predicted molar refractivity (Wildman–Crippen MR) is 103 cm³/mol. The van der Waals surface area contributed by atoms with Crippen molar-refractivity contribution < 1.29 is 13.9 Å². The molecule has 6 heteroatoms. The summed E-state index contributed by atoms with van der Waals surface area (Å²) in [5.41, 5.74) is 1.44. The van der Waals surface area contributed by atoms with Gasteiger partial charge in [-0.25, -0.2) is 4.39 Å². The summed E-state index contributed by atoms with van der Waals surface area (Å²) in [6.07, 6.45) is 1.79. The Labute approximate surface area is 159 Å². The molecule has 2 rings (SSSR count). The lowest BCUT2D eigenvalue weighted by Gasteiger charge is -2.16. The van der Waals surface area contributed by atoms with E-state index in [-0.39, 0.29) is 24.8 Å². The van der Waals surface area contributed by atoms with Gasteiger partial charge in [0.25, 0.3) is 0 Å². The molecule has 0 saturated heterocycles. The van der Waals surface area contributed by atoms with Crippen molar-refractivity contribution >= 4 is 24.0 Å². The van der Waals surface area contributed by atoms with Crippen LogP contribution in [0.2, 0.25) is 5.02 Å². The summed E-state index contributed by atoms with van der Waals surface area (Å²) in [5.74, 6) is 0.669. The summed E-state index contributed by atoms with van der Waals surface area (Å²) < 4.78 is 25.1. The molecule has 0 unspecified atom stereocenters. The highest BCUT2D eigenvalue weighted by molar-refractivity contribution is 6.32. The standard InChI is InChI=1S/C19H21ClFNO2.ClH/c1-3-9-22-12-14-10-16(20)19(18(11-14)23-4-2)24-13-15-7-5-6-8-17(15)21;/h3,5-8,10-11,22H,1,4,9,12-13H2,2H3;1H. The molecule has 0 radical (unpaired) electrons. The Morgan fingerprint density at radius 2 is 2.00 bits per heavy atom. The van der Waals surface area contributed by atoms with E-state index in [0.717, 1.165) is 5.56 Å². The average molecular weight is 386 g/mol. The molecule has 0 aromatic heterocycles. The molecule has 0 amide bonds. The Morgan fingerprint density at radius 1 is 1.24 bits per heavy atom. The minimum atomic E-state index is -0.308. The molecule has 136 valence electrons. The summed E-state index contributed by atoms with van der Waals surface area (Å²) in [5, 5.41) is 3.65. The number of benzene rings is 2. The first kappa shape index (κ1) is 21.3. The van der Waals surface area contributed by atoms with Crippen molar-refractivity contribution in [2.75, 3.05) is 13.2 Å². The second kappa shape index (κ2) is 11.0. The van der Waals surface area contributed by atoms with E-state index in [4.69, 9.17) is 21.1 Å². The maximum Gasteiger partial charge on any atom is 0.180 e. The third kappa shape index (κ3) is 6.24. The van der Waals surface area contributed by atoms with Crippen LogP contribution in [0.5, 0.6) is 11.5 Å². The molecule has 0 aliphatic heterocycles. The van der Waals surface area contributed by atoms with E-state index in [9.17, 15) is 4.39 Å². The number of rotatable bonds is 9. The molecule has 0 aliphatic carbocycles. The van der Waals surface area contributed by atoms with Crippen molar-refractivity contribution in [3.63, 3.8) is 0 Å². The van der Waals surface area contributed by atoms with Crippen LogP contribution < -0.4 is 14.8 Å². The van der Waals surface area contributed by atoms with E-state index in [1.165, 1.54) is 6.07 Å². The molecule has 0 spiro atoms. The molecule has 0 aliphatic rings. The van der Waals surface area contributed by atoms with Gasteiger partial charge in [0.05, 0.1) is 11.6 Å². The monoisotopic (exact) mass is 385 g/mol. The summed E-state index contributed by atoms with van der Waals surface area (Å²) >= 11 is 6.34. The molecule has 2 aromatic carbocycles. The van der Waals surface area contributed by atoms with E-state index in [2.05, 4.69) is 11.9 Å². The van der Waals surface area contributed by atoms with E-state index in [1.807, 2.05) is 19.1 Å². The van der Waals surface area contributed by atoms with Gasteiger partial charge in [0, 0.05) is 18.7 Å². The van der Waals surface area contributed by atoms with Crippen molar-refractivity contribution in [1.82, 2.24) is 5.32 Å². The van der Waals surface area contributed by atoms with E-state index in [0.29, 0.717) is 41.8 Å². The lowest BCUT2D eigenvalue weighted by molar-refractivity contribution is 0.266. The molecule has 0 saturated carbocycles. The normalized spacial score (nSPS) is 10.0. The van der Waals surface area contributed by atoms with E-state index < -0.39 is 0 Å².